The second kappa shape index (κ2) is 16.0. The average Bonchev–Trinajstić information content (AvgIpc) is 3.54. The summed E-state index contributed by atoms with van der Waals surface area (Å²) in [6, 6.07) is 52.9. The number of fused-ring (bicyclic) bond motifs is 7. The Kier molecular flexibility index (Phi) is 10.6. The first-order valence-electron chi connectivity index (χ1n) is 28.0. The number of anilines is 9. The van der Waals surface area contributed by atoms with Crippen LogP contribution in [0, 0.1) is 6.92 Å². The maximum atomic E-state index is 2.73. The summed E-state index contributed by atoms with van der Waals surface area (Å²) < 4.78 is 0. The van der Waals surface area contributed by atoms with Crippen LogP contribution in [0.25, 0.3) is 0 Å². The molecule has 7 aromatic carbocycles. The third kappa shape index (κ3) is 7.41. The molecule has 7 aromatic rings. The summed E-state index contributed by atoms with van der Waals surface area (Å²) in [5.41, 5.74) is 27.0. The molecule has 74 heavy (non-hydrogen) atoms. The van der Waals surface area contributed by atoms with E-state index in [4.69, 9.17) is 0 Å². The van der Waals surface area contributed by atoms with Gasteiger partial charge in [-0.25, -0.2) is 0 Å². The van der Waals surface area contributed by atoms with Crippen LogP contribution in [0.3, 0.4) is 0 Å². The quantitative estimate of drug-likeness (QED) is 0.159. The number of rotatable bonds is 5. The van der Waals surface area contributed by atoms with Crippen molar-refractivity contribution in [3.05, 3.63) is 178 Å². The molecule has 0 fully saturated rings. The molecule has 2 heterocycles. The Bertz CT molecular complexity index is 3400. The van der Waals surface area contributed by atoms with Gasteiger partial charge in [-0.3, -0.25) is 0 Å². The lowest BCUT2D eigenvalue weighted by Gasteiger charge is -2.48. The molecule has 0 saturated heterocycles. The molecule has 0 radical (unpaired) electrons. The lowest BCUT2D eigenvalue weighted by atomic mass is 9.33. The number of nitrogens with zero attached hydrogens (tertiary/aromatic N) is 3. The summed E-state index contributed by atoms with van der Waals surface area (Å²) >= 11 is 0. The van der Waals surface area contributed by atoms with Crippen molar-refractivity contribution in [2.75, 3.05) is 14.7 Å². The fourth-order valence-electron chi connectivity index (χ4n) is 14.8. The van der Waals surface area contributed by atoms with Crippen LogP contribution in [0.5, 0.6) is 0 Å². The third-order valence-electron chi connectivity index (χ3n) is 19.2. The number of benzene rings is 7. The Hall–Kier alpha value is -6.00. The van der Waals surface area contributed by atoms with E-state index in [1.165, 1.54) is 108 Å². The lowest BCUT2D eigenvalue weighted by molar-refractivity contribution is 0.332. The molecule has 12 rings (SSSR count). The van der Waals surface area contributed by atoms with Crippen LogP contribution in [0.2, 0.25) is 0 Å². The highest BCUT2D eigenvalue weighted by Gasteiger charge is 2.49. The van der Waals surface area contributed by atoms with Crippen molar-refractivity contribution in [1.82, 2.24) is 0 Å². The molecule has 0 N–H and O–H groups in total. The third-order valence-corrected chi connectivity index (χ3v) is 19.2. The summed E-state index contributed by atoms with van der Waals surface area (Å²) in [6.07, 6.45) is 5.80. The van der Waals surface area contributed by atoms with Crippen molar-refractivity contribution in [1.29, 1.82) is 0 Å². The first-order chi connectivity index (χ1) is 34.7. The summed E-state index contributed by atoms with van der Waals surface area (Å²) in [5.74, 6) is 0. The van der Waals surface area contributed by atoms with Gasteiger partial charge in [-0.15, -0.1) is 0 Å². The lowest BCUT2D eigenvalue weighted by Crippen LogP contribution is -2.62. The fraction of sp³-hybridized carbons (Fsp3) is 0.400. The van der Waals surface area contributed by atoms with E-state index in [-0.39, 0.29) is 44.6 Å². The molecule has 0 bridgehead atoms. The van der Waals surface area contributed by atoms with Crippen molar-refractivity contribution in [3.63, 3.8) is 0 Å². The zero-order chi connectivity index (χ0) is 52.4. The topological polar surface area (TPSA) is 9.72 Å². The van der Waals surface area contributed by atoms with E-state index < -0.39 is 0 Å². The van der Waals surface area contributed by atoms with Gasteiger partial charge in [-0.1, -0.05) is 171 Å². The van der Waals surface area contributed by atoms with Gasteiger partial charge >= 0.3 is 0 Å². The highest BCUT2D eigenvalue weighted by atomic mass is 15.2. The maximum Gasteiger partial charge on any atom is 0.252 e. The average molecular weight is 974 g/mol. The van der Waals surface area contributed by atoms with Gasteiger partial charge < -0.3 is 14.7 Å². The summed E-state index contributed by atoms with van der Waals surface area (Å²) in [5, 5.41) is 0. The highest BCUT2D eigenvalue weighted by Crippen LogP contribution is 2.56. The first kappa shape index (κ1) is 48.9. The normalized spacial score (nSPS) is 19.6. The van der Waals surface area contributed by atoms with Crippen LogP contribution in [0.4, 0.5) is 51.2 Å². The number of aryl methyl sites for hydroxylation is 1. The molecule has 378 valence electrons. The second-order valence-electron chi connectivity index (χ2n) is 28.4. The smallest absolute Gasteiger partial charge is 0.252 e. The van der Waals surface area contributed by atoms with E-state index in [0.717, 1.165) is 36.3 Å². The van der Waals surface area contributed by atoms with Crippen LogP contribution in [0.15, 0.2) is 133 Å². The molecule has 2 aliphatic heterocycles. The minimum Gasteiger partial charge on any atom is -0.311 e. The number of hydrogen-bond donors (Lipinski definition) is 0. The second-order valence-corrected chi connectivity index (χ2v) is 28.4. The molecule has 5 aliphatic rings. The molecule has 0 unspecified atom stereocenters. The summed E-state index contributed by atoms with van der Waals surface area (Å²) in [4.78, 5) is 7.95. The van der Waals surface area contributed by atoms with Crippen LogP contribution in [0.1, 0.15) is 180 Å². The fourth-order valence-corrected chi connectivity index (χ4v) is 14.8. The first-order valence-corrected chi connectivity index (χ1v) is 28.0. The van der Waals surface area contributed by atoms with Gasteiger partial charge in [0.1, 0.15) is 0 Å². The van der Waals surface area contributed by atoms with Crippen molar-refractivity contribution < 1.29 is 0 Å². The summed E-state index contributed by atoms with van der Waals surface area (Å²) in [7, 11) is 0. The molecule has 0 atom stereocenters. The van der Waals surface area contributed by atoms with E-state index in [1.807, 2.05) is 0 Å². The molecular weight excluding hydrogens is 894 g/mol. The molecule has 3 nitrogen and oxygen atoms in total. The molecule has 0 saturated carbocycles. The van der Waals surface area contributed by atoms with Crippen molar-refractivity contribution in [2.24, 2.45) is 0 Å². The van der Waals surface area contributed by atoms with Gasteiger partial charge in [0.05, 0.1) is 5.69 Å². The predicted molar refractivity (Wildman–Crippen MR) is 320 cm³/mol. The minimum absolute atomic E-state index is 0.00767. The Balaban J connectivity index is 1.26. The van der Waals surface area contributed by atoms with E-state index in [9.17, 15) is 0 Å². The van der Waals surface area contributed by atoms with Crippen molar-refractivity contribution >= 4 is 74.3 Å². The highest BCUT2D eigenvalue weighted by molar-refractivity contribution is 7.00. The van der Waals surface area contributed by atoms with E-state index in [1.54, 1.807) is 0 Å². The van der Waals surface area contributed by atoms with Gasteiger partial charge in [-0.2, -0.15) is 0 Å². The van der Waals surface area contributed by atoms with Crippen LogP contribution in [-0.4, -0.2) is 6.71 Å². The maximum absolute atomic E-state index is 2.73. The summed E-state index contributed by atoms with van der Waals surface area (Å²) in [6.45, 7) is 39.2. The molecule has 0 aromatic heterocycles. The monoisotopic (exact) mass is 974 g/mol. The van der Waals surface area contributed by atoms with Crippen molar-refractivity contribution in [2.45, 2.75) is 181 Å². The zero-order valence-corrected chi connectivity index (χ0v) is 47.7. The Morgan fingerprint density at radius 3 is 1.45 bits per heavy atom. The Labute approximate surface area is 445 Å². The van der Waals surface area contributed by atoms with E-state index in [2.05, 4.69) is 259 Å². The van der Waals surface area contributed by atoms with Crippen LogP contribution >= 0.6 is 0 Å². The number of hydrogen-bond acceptors (Lipinski definition) is 3. The molecule has 3 aliphatic carbocycles. The van der Waals surface area contributed by atoms with E-state index in [0.29, 0.717) is 0 Å². The van der Waals surface area contributed by atoms with Crippen molar-refractivity contribution in [3.8, 4) is 0 Å². The Morgan fingerprint density at radius 2 is 0.878 bits per heavy atom. The van der Waals surface area contributed by atoms with Crippen LogP contribution < -0.4 is 31.1 Å². The van der Waals surface area contributed by atoms with Crippen LogP contribution in [-0.2, 0) is 37.9 Å². The van der Waals surface area contributed by atoms with Gasteiger partial charge in [-0.05, 0) is 205 Å². The molecular formula is C70H80BN3. The zero-order valence-electron chi connectivity index (χ0n) is 47.7. The standard InChI is InChI=1S/C70H80BN3/c1-44-35-51-55(70(15,16)43-69(51,13)14)41-58(44)74-59-36-45(64(2,3)4)27-30-56(59)71-57-40-53-54(68(11,12)34-33-67(53,9)10)42-60(57)73(48-28-29-50-52(37-48)66(7,8)32-31-65(50,5)6)61-38-49(39-62(74)63(61)71)72(46-23-19-17-20-24-46)47-25-21-18-22-26-47/h17-30,35-42H,31-34,43H2,1-16H3. The molecule has 0 amide bonds. The minimum atomic E-state index is -0.0604. The van der Waals surface area contributed by atoms with Gasteiger partial charge in [0.25, 0.3) is 6.71 Å². The largest absolute Gasteiger partial charge is 0.311 e. The Morgan fingerprint density at radius 1 is 0.405 bits per heavy atom. The van der Waals surface area contributed by atoms with E-state index >= 15 is 0 Å². The predicted octanol–water partition coefficient (Wildman–Crippen LogP) is 17.5. The molecule has 4 heteroatoms. The van der Waals surface area contributed by atoms with Gasteiger partial charge in [0, 0.05) is 45.5 Å². The SMILES string of the molecule is Cc1cc2c(cc1N1c3cc(C(C)(C)C)ccc3B3c4cc5c(cc4N(c4ccc6c(c4)C(C)(C)CCC6(C)C)c4cc(N(c6ccccc6)c6ccccc6)cc1c43)C(C)(C)CCC5(C)C)C(C)(C)CC2(C)C. The number of para-hydroxylation sites is 2. The van der Waals surface area contributed by atoms with Gasteiger partial charge in [0.15, 0.2) is 0 Å². The van der Waals surface area contributed by atoms with Gasteiger partial charge in [0.2, 0.25) is 0 Å². The molecule has 0 spiro atoms.